The summed E-state index contributed by atoms with van der Waals surface area (Å²) in [7, 11) is 0. The van der Waals surface area contributed by atoms with Gasteiger partial charge in [0.2, 0.25) is 0 Å². The minimum absolute atomic E-state index is 0.478. The molecule has 0 unspecified atom stereocenters. The van der Waals surface area contributed by atoms with E-state index in [1.807, 2.05) is 27.7 Å². The number of nitrogens with zero attached hydrogens (tertiary/aromatic N) is 1. The molecule has 1 aromatic heterocycles. The molecule has 5 heteroatoms. The van der Waals surface area contributed by atoms with Gasteiger partial charge in [-0.2, -0.15) is 13.2 Å². The number of nitrogens with one attached hydrogen (secondary N) is 1. The molecule has 0 bridgehead atoms. The normalized spacial score (nSPS) is 13.5. The monoisotopic (exact) mass is 262 g/mol. The molecule has 0 amide bonds. The number of hydrogen-bond donors (Lipinski definition) is 1. The molecule has 0 radical (unpaired) electrons. The van der Waals surface area contributed by atoms with Crippen molar-refractivity contribution in [1.82, 2.24) is 10.3 Å². The summed E-state index contributed by atoms with van der Waals surface area (Å²) < 4.78 is 36.9. The van der Waals surface area contributed by atoms with Gasteiger partial charge in [0, 0.05) is 31.4 Å². The molecule has 0 aliphatic carbocycles. The Kier molecular flexibility index (Phi) is 7.59. The predicted octanol–water partition coefficient (Wildman–Crippen LogP) is 3.80. The summed E-state index contributed by atoms with van der Waals surface area (Å²) in [6.07, 6.45) is -2.68. The minimum Gasteiger partial charge on any atom is -0.312 e. The summed E-state index contributed by atoms with van der Waals surface area (Å²) in [6, 6.07) is 1.18. The molecule has 18 heavy (non-hydrogen) atoms. The fourth-order valence-electron chi connectivity index (χ4n) is 1.50. The van der Waals surface area contributed by atoms with E-state index >= 15 is 0 Å². The van der Waals surface area contributed by atoms with Crippen LogP contribution >= 0.6 is 0 Å². The molecule has 1 aliphatic heterocycles. The molecule has 0 fully saturated rings. The summed E-state index contributed by atoms with van der Waals surface area (Å²) in [5, 5.41) is 3.01. The Hall–Kier alpha value is -1.10. The van der Waals surface area contributed by atoms with Gasteiger partial charge in [-0.25, -0.2) is 0 Å². The Morgan fingerprint density at radius 1 is 1.17 bits per heavy atom. The Morgan fingerprint density at radius 3 is 2.33 bits per heavy atom. The second-order valence-corrected chi connectivity index (χ2v) is 3.25. The van der Waals surface area contributed by atoms with Crippen LogP contribution < -0.4 is 5.32 Å². The third kappa shape index (κ3) is 4.64. The SMILES string of the molecule is CC.CC.FC(F)(F)c1cnc2c(c1)CNCC2. The van der Waals surface area contributed by atoms with E-state index in [9.17, 15) is 13.2 Å². The van der Waals surface area contributed by atoms with Crippen LogP contribution in [0.4, 0.5) is 13.2 Å². The van der Waals surface area contributed by atoms with Crippen molar-refractivity contribution in [1.29, 1.82) is 0 Å². The third-order valence-electron chi connectivity index (χ3n) is 2.24. The van der Waals surface area contributed by atoms with Crippen molar-refractivity contribution in [3.8, 4) is 0 Å². The number of fused-ring (bicyclic) bond motifs is 1. The highest BCUT2D eigenvalue weighted by atomic mass is 19.4. The number of alkyl halides is 3. The van der Waals surface area contributed by atoms with E-state index < -0.39 is 11.7 Å². The molecule has 1 aliphatic rings. The smallest absolute Gasteiger partial charge is 0.312 e. The molecule has 1 aromatic rings. The van der Waals surface area contributed by atoms with Gasteiger partial charge in [-0.1, -0.05) is 27.7 Å². The lowest BCUT2D eigenvalue weighted by molar-refractivity contribution is -0.137. The van der Waals surface area contributed by atoms with E-state index in [2.05, 4.69) is 10.3 Å². The number of aromatic nitrogens is 1. The van der Waals surface area contributed by atoms with Crippen molar-refractivity contribution in [3.63, 3.8) is 0 Å². The maximum atomic E-state index is 12.3. The molecule has 0 atom stereocenters. The summed E-state index contributed by atoms with van der Waals surface area (Å²) in [5.41, 5.74) is 0.766. The number of halogens is 3. The molecular formula is C13H21F3N2. The first-order valence-electron chi connectivity index (χ1n) is 6.33. The van der Waals surface area contributed by atoms with E-state index in [4.69, 9.17) is 0 Å². The van der Waals surface area contributed by atoms with Gasteiger partial charge in [0.1, 0.15) is 0 Å². The molecular weight excluding hydrogens is 241 g/mol. The van der Waals surface area contributed by atoms with Gasteiger partial charge in [-0.15, -0.1) is 0 Å². The first-order valence-corrected chi connectivity index (χ1v) is 6.33. The zero-order chi connectivity index (χ0) is 14.2. The maximum Gasteiger partial charge on any atom is 0.417 e. The molecule has 2 heterocycles. The molecule has 104 valence electrons. The van der Waals surface area contributed by atoms with Gasteiger partial charge in [0.25, 0.3) is 0 Å². The number of pyridine rings is 1. The van der Waals surface area contributed by atoms with Crippen LogP contribution in [0, 0.1) is 0 Å². The highest BCUT2D eigenvalue weighted by molar-refractivity contribution is 5.28. The molecule has 2 nitrogen and oxygen atoms in total. The highest BCUT2D eigenvalue weighted by Gasteiger charge is 2.31. The van der Waals surface area contributed by atoms with Crippen LogP contribution in [0.15, 0.2) is 12.3 Å². The fourth-order valence-corrected chi connectivity index (χ4v) is 1.50. The lowest BCUT2D eigenvalue weighted by Crippen LogP contribution is -2.25. The largest absolute Gasteiger partial charge is 0.417 e. The average molecular weight is 262 g/mol. The summed E-state index contributed by atoms with van der Waals surface area (Å²) in [6.45, 7) is 9.26. The summed E-state index contributed by atoms with van der Waals surface area (Å²) >= 11 is 0. The van der Waals surface area contributed by atoms with Gasteiger partial charge in [0.15, 0.2) is 0 Å². The van der Waals surface area contributed by atoms with Crippen molar-refractivity contribution >= 4 is 0 Å². The maximum absolute atomic E-state index is 12.3. The van der Waals surface area contributed by atoms with Crippen LogP contribution in [0.2, 0.25) is 0 Å². The average Bonchev–Trinajstić information content (AvgIpc) is 2.42. The zero-order valence-electron chi connectivity index (χ0n) is 11.4. The Morgan fingerprint density at radius 2 is 1.78 bits per heavy atom. The van der Waals surface area contributed by atoms with Crippen LogP contribution in [0.1, 0.15) is 44.5 Å². The molecule has 0 aromatic carbocycles. The van der Waals surface area contributed by atoms with Gasteiger partial charge in [-0.3, -0.25) is 4.98 Å². The van der Waals surface area contributed by atoms with E-state index in [-0.39, 0.29) is 0 Å². The first kappa shape index (κ1) is 16.9. The van der Waals surface area contributed by atoms with Crippen LogP contribution in [0.25, 0.3) is 0 Å². The van der Waals surface area contributed by atoms with Crippen molar-refractivity contribution in [2.45, 2.75) is 46.8 Å². The quantitative estimate of drug-likeness (QED) is 0.769. The highest BCUT2D eigenvalue weighted by Crippen LogP contribution is 2.30. The van der Waals surface area contributed by atoms with E-state index in [0.717, 1.165) is 18.4 Å². The van der Waals surface area contributed by atoms with Crippen LogP contribution in [0.3, 0.4) is 0 Å². The second kappa shape index (κ2) is 8.08. The first-order chi connectivity index (χ1) is 8.57. The van der Waals surface area contributed by atoms with Gasteiger partial charge in [0.05, 0.1) is 5.56 Å². The Labute approximate surface area is 107 Å². The van der Waals surface area contributed by atoms with Crippen molar-refractivity contribution in [3.05, 3.63) is 29.1 Å². The standard InChI is InChI=1S/C9H9F3N2.2C2H6/c10-9(11,12)7-3-6-4-13-2-1-8(6)14-5-7;2*1-2/h3,5,13H,1-2,4H2;2*1-2H3. The van der Waals surface area contributed by atoms with E-state index in [1.54, 1.807) is 0 Å². The van der Waals surface area contributed by atoms with Crippen molar-refractivity contribution < 1.29 is 13.2 Å². The predicted molar refractivity (Wildman–Crippen MR) is 67.3 cm³/mol. The van der Waals surface area contributed by atoms with E-state index in [1.165, 1.54) is 6.07 Å². The molecule has 1 N–H and O–H groups in total. The van der Waals surface area contributed by atoms with Gasteiger partial charge < -0.3 is 5.32 Å². The molecule has 2 rings (SSSR count). The molecule has 0 saturated heterocycles. The molecule has 0 saturated carbocycles. The number of hydrogen-bond acceptors (Lipinski definition) is 2. The lowest BCUT2D eigenvalue weighted by atomic mass is 10.1. The fraction of sp³-hybridized carbons (Fsp3) is 0.615. The van der Waals surface area contributed by atoms with Crippen LogP contribution in [0.5, 0.6) is 0 Å². The Balaban J connectivity index is 0.000000659. The topological polar surface area (TPSA) is 24.9 Å². The zero-order valence-corrected chi connectivity index (χ0v) is 11.4. The lowest BCUT2D eigenvalue weighted by Gasteiger charge is -2.17. The number of rotatable bonds is 0. The van der Waals surface area contributed by atoms with Crippen molar-refractivity contribution in [2.75, 3.05) is 6.54 Å². The summed E-state index contributed by atoms with van der Waals surface area (Å²) in [5.74, 6) is 0. The van der Waals surface area contributed by atoms with Gasteiger partial charge >= 0.3 is 6.18 Å². The second-order valence-electron chi connectivity index (χ2n) is 3.25. The van der Waals surface area contributed by atoms with Crippen LogP contribution in [-0.2, 0) is 19.1 Å². The van der Waals surface area contributed by atoms with Crippen LogP contribution in [-0.4, -0.2) is 11.5 Å². The van der Waals surface area contributed by atoms with Gasteiger partial charge in [-0.05, 0) is 11.6 Å². The van der Waals surface area contributed by atoms with Crippen molar-refractivity contribution in [2.24, 2.45) is 0 Å². The third-order valence-corrected chi connectivity index (χ3v) is 2.24. The summed E-state index contributed by atoms with van der Waals surface area (Å²) in [4.78, 5) is 3.83. The Bertz CT molecular complexity index is 349. The van der Waals surface area contributed by atoms with E-state index in [0.29, 0.717) is 18.5 Å². The minimum atomic E-state index is -4.29. The molecule has 0 spiro atoms.